The number of nitrogens with zero attached hydrogens (tertiary/aromatic N) is 2. The Bertz CT molecular complexity index is 624. The lowest BCUT2D eigenvalue weighted by Crippen LogP contribution is -2.35. The van der Waals surface area contributed by atoms with E-state index >= 15 is 0 Å². The van der Waals surface area contributed by atoms with Crippen LogP contribution in [0.5, 0.6) is 0 Å². The van der Waals surface area contributed by atoms with Gasteiger partial charge in [0.25, 0.3) is 0 Å². The van der Waals surface area contributed by atoms with Crippen molar-refractivity contribution in [3.63, 3.8) is 0 Å². The molecule has 0 aliphatic heterocycles. The lowest BCUT2D eigenvalue weighted by Gasteiger charge is -2.16. The van der Waals surface area contributed by atoms with Gasteiger partial charge in [-0.3, -0.25) is 4.99 Å². The largest absolute Gasteiger partial charge is 0.370 e. The molecule has 0 radical (unpaired) electrons. The van der Waals surface area contributed by atoms with Gasteiger partial charge in [-0.1, -0.05) is 42.5 Å². The van der Waals surface area contributed by atoms with Crippen LogP contribution in [0.25, 0.3) is 10.8 Å². The van der Waals surface area contributed by atoms with Crippen molar-refractivity contribution in [2.75, 3.05) is 13.6 Å². The molecule has 0 heterocycles. The van der Waals surface area contributed by atoms with Gasteiger partial charge in [0.1, 0.15) is 0 Å². The minimum atomic E-state index is 0.622. The zero-order valence-electron chi connectivity index (χ0n) is 11.9. The predicted octanol–water partition coefficient (Wildman–Crippen LogP) is 2.79. The highest BCUT2D eigenvalue weighted by Crippen LogP contribution is 2.25. The summed E-state index contributed by atoms with van der Waals surface area (Å²) in [6.07, 6.45) is 3.42. The molecule has 2 N–H and O–H groups in total. The zero-order valence-corrected chi connectivity index (χ0v) is 11.9. The fourth-order valence-corrected chi connectivity index (χ4v) is 2.56. The molecule has 0 aromatic heterocycles. The SMILES string of the molecule is CN(C(N)=NCCc1cccc2ccccc12)C1CC1. The molecule has 3 heteroatoms. The summed E-state index contributed by atoms with van der Waals surface area (Å²) >= 11 is 0. The molecule has 1 fully saturated rings. The summed E-state index contributed by atoms with van der Waals surface area (Å²) in [4.78, 5) is 6.61. The average Bonchev–Trinajstić information content (AvgIpc) is 3.31. The third-order valence-electron chi connectivity index (χ3n) is 3.99. The van der Waals surface area contributed by atoms with Crippen LogP contribution in [0.3, 0.4) is 0 Å². The topological polar surface area (TPSA) is 41.6 Å². The monoisotopic (exact) mass is 267 g/mol. The number of nitrogens with two attached hydrogens (primary N) is 1. The Morgan fingerprint density at radius 2 is 1.95 bits per heavy atom. The minimum absolute atomic E-state index is 0.622. The van der Waals surface area contributed by atoms with Crippen molar-refractivity contribution in [3.05, 3.63) is 48.0 Å². The van der Waals surface area contributed by atoms with Crippen LogP contribution in [0.1, 0.15) is 18.4 Å². The van der Waals surface area contributed by atoms with E-state index in [2.05, 4.69) is 52.4 Å². The van der Waals surface area contributed by atoms with Crippen molar-refractivity contribution < 1.29 is 0 Å². The number of rotatable bonds is 4. The van der Waals surface area contributed by atoms with E-state index in [1.54, 1.807) is 0 Å². The Kier molecular flexibility index (Phi) is 3.59. The van der Waals surface area contributed by atoms with Crippen LogP contribution >= 0.6 is 0 Å². The molecule has 1 aliphatic carbocycles. The molecule has 2 aromatic carbocycles. The first-order chi connectivity index (χ1) is 9.75. The molecule has 104 valence electrons. The predicted molar refractivity (Wildman–Crippen MR) is 84.9 cm³/mol. The summed E-state index contributed by atoms with van der Waals surface area (Å²) in [7, 11) is 2.04. The van der Waals surface area contributed by atoms with Crippen molar-refractivity contribution in [2.45, 2.75) is 25.3 Å². The van der Waals surface area contributed by atoms with Gasteiger partial charge in [0.15, 0.2) is 5.96 Å². The van der Waals surface area contributed by atoms with E-state index in [-0.39, 0.29) is 0 Å². The van der Waals surface area contributed by atoms with Crippen molar-refractivity contribution in [1.82, 2.24) is 4.90 Å². The van der Waals surface area contributed by atoms with E-state index in [0.717, 1.165) is 13.0 Å². The van der Waals surface area contributed by atoms with Crippen LogP contribution < -0.4 is 5.73 Å². The summed E-state index contributed by atoms with van der Waals surface area (Å²) in [5.41, 5.74) is 7.35. The normalized spacial score (nSPS) is 15.6. The van der Waals surface area contributed by atoms with Gasteiger partial charge < -0.3 is 10.6 Å². The van der Waals surface area contributed by atoms with Crippen molar-refractivity contribution in [3.8, 4) is 0 Å². The average molecular weight is 267 g/mol. The first-order valence-electron chi connectivity index (χ1n) is 7.25. The second kappa shape index (κ2) is 5.53. The summed E-state index contributed by atoms with van der Waals surface area (Å²) in [5, 5.41) is 2.61. The lowest BCUT2D eigenvalue weighted by atomic mass is 10.0. The quantitative estimate of drug-likeness (QED) is 0.683. The zero-order chi connectivity index (χ0) is 13.9. The first kappa shape index (κ1) is 13.0. The maximum atomic E-state index is 6.01. The van der Waals surface area contributed by atoms with Gasteiger partial charge in [0, 0.05) is 19.6 Å². The first-order valence-corrected chi connectivity index (χ1v) is 7.25. The van der Waals surface area contributed by atoms with E-state index in [0.29, 0.717) is 12.0 Å². The highest BCUT2D eigenvalue weighted by atomic mass is 15.3. The highest BCUT2D eigenvalue weighted by Gasteiger charge is 2.27. The van der Waals surface area contributed by atoms with Crippen molar-refractivity contribution in [1.29, 1.82) is 0 Å². The molecule has 0 amide bonds. The summed E-state index contributed by atoms with van der Waals surface area (Å²) in [5.74, 6) is 0.674. The van der Waals surface area contributed by atoms with E-state index in [1.807, 2.05) is 7.05 Å². The van der Waals surface area contributed by atoms with Crippen LogP contribution in [0.15, 0.2) is 47.5 Å². The van der Waals surface area contributed by atoms with Gasteiger partial charge in [-0.25, -0.2) is 0 Å². The van der Waals surface area contributed by atoms with Crippen LogP contribution in [0.2, 0.25) is 0 Å². The molecular weight excluding hydrogens is 246 g/mol. The molecule has 1 aliphatic rings. The Morgan fingerprint density at radius 1 is 1.20 bits per heavy atom. The summed E-state index contributed by atoms with van der Waals surface area (Å²) in [6, 6.07) is 15.6. The van der Waals surface area contributed by atoms with Crippen LogP contribution in [-0.4, -0.2) is 30.5 Å². The fraction of sp³-hybridized carbons (Fsp3) is 0.353. The minimum Gasteiger partial charge on any atom is -0.370 e. The molecular formula is C17H21N3. The fourth-order valence-electron chi connectivity index (χ4n) is 2.56. The maximum absolute atomic E-state index is 6.01. The molecule has 0 bridgehead atoms. The standard InChI is InChI=1S/C17H21N3/c1-20(15-9-10-15)17(18)19-12-11-14-7-4-6-13-5-2-3-8-16(13)14/h2-8,15H,9-12H2,1H3,(H2,18,19). The summed E-state index contributed by atoms with van der Waals surface area (Å²) in [6.45, 7) is 0.747. The number of guanidine groups is 1. The van der Waals surface area contributed by atoms with Crippen molar-refractivity contribution >= 4 is 16.7 Å². The molecule has 0 spiro atoms. The van der Waals surface area contributed by atoms with E-state index in [9.17, 15) is 0 Å². The van der Waals surface area contributed by atoms with Crippen LogP contribution in [0.4, 0.5) is 0 Å². The molecule has 0 saturated heterocycles. The number of hydrogen-bond donors (Lipinski definition) is 1. The Balaban J connectivity index is 1.69. The van der Waals surface area contributed by atoms with Crippen LogP contribution in [0, 0.1) is 0 Å². The smallest absolute Gasteiger partial charge is 0.191 e. The molecule has 3 rings (SSSR count). The molecule has 3 nitrogen and oxygen atoms in total. The van der Waals surface area contributed by atoms with E-state index in [4.69, 9.17) is 5.73 Å². The van der Waals surface area contributed by atoms with Gasteiger partial charge in [-0.05, 0) is 35.6 Å². The van der Waals surface area contributed by atoms with Gasteiger partial charge in [-0.15, -0.1) is 0 Å². The van der Waals surface area contributed by atoms with Gasteiger partial charge in [0.2, 0.25) is 0 Å². The third kappa shape index (κ3) is 2.77. The van der Waals surface area contributed by atoms with Gasteiger partial charge >= 0.3 is 0 Å². The Morgan fingerprint density at radius 3 is 2.75 bits per heavy atom. The van der Waals surface area contributed by atoms with Gasteiger partial charge in [0.05, 0.1) is 0 Å². The molecule has 0 unspecified atom stereocenters. The molecule has 0 atom stereocenters. The highest BCUT2D eigenvalue weighted by molar-refractivity contribution is 5.85. The van der Waals surface area contributed by atoms with E-state index < -0.39 is 0 Å². The molecule has 1 saturated carbocycles. The lowest BCUT2D eigenvalue weighted by molar-refractivity contribution is 0.487. The number of hydrogen-bond acceptors (Lipinski definition) is 1. The maximum Gasteiger partial charge on any atom is 0.191 e. The number of benzene rings is 2. The number of aliphatic imine (C=N–C) groups is 1. The Labute approximate surface area is 120 Å². The third-order valence-corrected chi connectivity index (χ3v) is 3.99. The van der Waals surface area contributed by atoms with Gasteiger partial charge in [-0.2, -0.15) is 0 Å². The molecule has 20 heavy (non-hydrogen) atoms. The number of fused-ring (bicyclic) bond motifs is 1. The van der Waals surface area contributed by atoms with Crippen molar-refractivity contribution in [2.24, 2.45) is 10.7 Å². The van der Waals surface area contributed by atoms with E-state index in [1.165, 1.54) is 29.2 Å². The second-order valence-corrected chi connectivity index (χ2v) is 5.47. The van der Waals surface area contributed by atoms with Crippen LogP contribution in [-0.2, 0) is 6.42 Å². The molecule has 2 aromatic rings. The second-order valence-electron chi connectivity index (χ2n) is 5.47. The summed E-state index contributed by atoms with van der Waals surface area (Å²) < 4.78 is 0. The Hall–Kier alpha value is -2.03.